The molecule has 2 unspecified atom stereocenters. The summed E-state index contributed by atoms with van der Waals surface area (Å²) in [7, 11) is -3.57. The normalized spacial score (nSPS) is 22.5. The van der Waals surface area contributed by atoms with E-state index in [1.165, 1.54) is 10.4 Å². The summed E-state index contributed by atoms with van der Waals surface area (Å²) in [6.07, 6.45) is 2.62. The van der Waals surface area contributed by atoms with Gasteiger partial charge in [-0.05, 0) is 36.5 Å². The molecule has 1 heterocycles. The number of carbonyl (C=O) groups excluding carboxylic acids is 1. The zero-order valence-corrected chi connectivity index (χ0v) is 14.5. The molecule has 1 aromatic carbocycles. The van der Waals surface area contributed by atoms with Gasteiger partial charge in [-0.3, -0.25) is 4.79 Å². The minimum absolute atomic E-state index is 0.171. The number of nitrogens with zero attached hydrogens (tertiary/aromatic N) is 1. The van der Waals surface area contributed by atoms with Gasteiger partial charge in [-0.1, -0.05) is 26.0 Å². The van der Waals surface area contributed by atoms with Gasteiger partial charge in [-0.2, -0.15) is 4.31 Å². The second-order valence-electron chi connectivity index (χ2n) is 6.29. The van der Waals surface area contributed by atoms with Gasteiger partial charge in [0.25, 0.3) is 5.91 Å². The Labute approximate surface area is 138 Å². The van der Waals surface area contributed by atoms with Gasteiger partial charge in [-0.25, -0.2) is 8.42 Å². The third-order valence-electron chi connectivity index (χ3n) is 3.98. The Hall–Kier alpha value is -1.66. The summed E-state index contributed by atoms with van der Waals surface area (Å²) in [5.74, 6) is 0.377. The highest BCUT2D eigenvalue weighted by molar-refractivity contribution is 7.89. The number of piperidine rings is 1. The van der Waals surface area contributed by atoms with Crippen molar-refractivity contribution in [1.29, 1.82) is 0 Å². The SMILES string of the molecule is C=CCNC(=O)c1cccc(S(=O)(=O)N2CC(C)CC(C)C2)c1. The smallest absolute Gasteiger partial charge is 0.251 e. The molecule has 126 valence electrons. The van der Waals surface area contributed by atoms with Gasteiger partial charge < -0.3 is 5.32 Å². The van der Waals surface area contributed by atoms with E-state index in [0.29, 0.717) is 37.0 Å². The largest absolute Gasteiger partial charge is 0.349 e. The van der Waals surface area contributed by atoms with Crippen LogP contribution in [-0.4, -0.2) is 38.3 Å². The summed E-state index contributed by atoms with van der Waals surface area (Å²) in [5, 5.41) is 2.66. The van der Waals surface area contributed by atoms with Crippen molar-refractivity contribution >= 4 is 15.9 Å². The molecule has 23 heavy (non-hydrogen) atoms. The Balaban J connectivity index is 2.26. The molecule has 1 fully saturated rings. The first-order valence-corrected chi connectivity index (χ1v) is 9.28. The average Bonchev–Trinajstić information content (AvgIpc) is 2.51. The van der Waals surface area contributed by atoms with E-state index in [2.05, 4.69) is 25.7 Å². The third kappa shape index (κ3) is 4.20. The standard InChI is InChI=1S/C17H24N2O3S/c1-4-8-18-17(20)15-6-5-7-16(10-15)23(21,22)19-11-13(2)9-14(3)12-19/h4-7,10,13-14H,1,8-9,11-12H2,2-3H3,(H,18,20). The molecule has 2 rings (SSSR count). The maximum atomic E-state index is 12.8. The Bertz CT molecular complexity index is 675. The number of sulfonamides is 1. The maximum Gasteiger partial charge on any atom is 0.251 e. The predicted molar refractivity (Wildman–Crippen MR) is 90.7 cm³/mol. The van der Waals surface area contributed by atoms with Crippen LogP contribution in [0.4, 0.5) is 0 Å². The first-order valence-electron chi connectivity index (χ1n) is 7.84. The van der Waals surface area contributed by atoms with Gasteiger partial charge in [0.05, 0.1) is 4.90 Å². The zero-order valence-electron chi connectivity index (χ0n) is 13.7. The highest BCUT2D eigenvalue weighted by atomic mass is 32.2. The lowest BCUT2D eigenvalue weighted by atomic mass is 9.94. The molecule has 1 saturated heterocycles. The van der Waals surface area contributed by atoms with Crippen LogP contribution in [-0.2, 0) is 10.0 Å². The number of benzene rings is 1. The molecule has 6 heteroatoms. The summed E-state index contributed by atoms with van der Waals surface area (Å²) in [6, 6.07) is 6.20. The molecule has 0 aliphatic carbocycles. The van der Waals surface area contributed by atoms with Crippen LogP contribution in [0.5, 0.6) is 0 Å². The number of carbonyl (C=O) groups is 1. The van der Waals surface area contributed by atoms with Gasteiger partial charge in [0.2, 0.25) is 10.0 Å². The quantitative estimate of drug-likeness (QED) is 0.839. The lowest BCUT2D eigenvalue weighted by molar-refractivity contribution is 0.0958. The Morgan fingerprint density at radius 2 is 2.00 bits per heavy atom. The molecule has 0 spiro atoms. The minimum atomic E-state index is -3.57. The summed E-state index contributed by atoms with van der Waals surface area (Å²) in [6.45, 7) is 9.07. The van der Waals surface area contributed by atoms with E-state index in [0.717, 1.165) is 6.42 Å². The molecular weight excluding hydrogens is 312 g/mol. The number of hydrogen-bond donors (Lipinski definition) is 1. The van der Waals surface area contributed by atoms with Crippen LogP contribution < -0.4 is 5.32 Å². The average molecular weight is 336 g/mol. The summed E-state index contributed by atoms with van der Waals surface area (Å²) < 4.78 is 27.2. The van der Waals surface area contributed by atoms with Crippen LogP contribution in [0.15, 0.2) is 41.8 Å². The maximum absolute atomic E-state index is 12.8. The monoisotopic (exact) mass is 336 g/mol. The Morgan fingerprint density at radius 3 is 2.61 bits per heavy atom. The lowest BCUT2D eigenvalue weighted by Crippen LogP contribution is -2.42. The van der Waals surface area contributed by atoms with Crippen LogP contribution in [0.3, 0.4) is 0 Å². The van der Waals surface area contributed by atoms with Gasteiger partial charge in [0, 0.05) is 25.2 Å². The molecule has 1 amide bonds. The van der Waals surface area contributed by atoms with Crippen molar-refractivity contribution in [1.82, 2.24) is 9.62 Å². The second-order valence-corrected chi connectivity index (χ2v) is 8.23. The molecule has 2 atom stereocenters. The topological polar surface area (TPSA) is 66.5 Å². The predicted octanol–water partition coefficient (Wildman–Crippen LogP) is 2.27. The van der Waals surface area contributed by atoms with Crippen molar-refractivity contribution in [2.24, 2.45) is 11.8 Å². The molecule has 0 aromatic heterocycles. The van der Waals surface area contributed by atoms with E-state index >= 15 is 0 Å². The molecule has 0 saturated carbocycles. The fourth-order valence-corrected chi connectivity index (χ4v) is 4.74. The van der Waals surface area contributed by atoms with Crippen molar-refractivity contribution < 1.29 is 13.2 Å². The number of hydrogen-bond acceptors (Lipinski definition) is 3. The number of rotatable bonds is 5. The molecule has 5 nitrogen and oxygen atoms in total. The molecule has 0 bridgehead atoms. The van der Waals surface area contributed by atoms with Crippen molar-refractivity contribution in [2.75, 3.05) is 19.6 Å². The van der Waals surface area contributed by atoms with Crippen molar-refractivity contribution in [2.45, 2.75) is 25.2 Å². The molecular formula is C17H24N2O3S. The first kappa shape index (κ1) is 17.7. The summed E-state index contributed by atoms with van der Waals surface area (Å²) in [4.78, 5) is 12.2. The Kier molecular flexibility index (Phi) is 5.59. The number of nitrogens with one attached hydrogen (secondary N) is 1. The Morgan fingerprint density at radius 1 is 1.35 bits per heavy atom. The van der Waals surface area contributed by atoms with Crippen LogP contribution in [0.1, 0.15) is 30.6 Å². The van der Waals surface area contributed by atoms with Crippen molar-refractivity contribution in [3.63, 3.8) is 0 Å². The molecule has 1 N–H and O–H groups in total. The van der Waals surface area contributed by atoms with E-state index < -0.39 is 10.0 Å². The van der Waals surface area contributed by atoms with Crippen LogP contribution >= 0.6 is 0 Å². The van der Waals surface area contributed by atoms with Crippen molar-refractivity contribution in [3.8, 4) is 0 Å². The fourth-order valence-electron chi connectivity index (χ4n) is 3.02. The van der Waals surface area contributed by atoms with E-state index in [9.17, 15) is 13.2 Å². The minimum Gasteiger partial charge on any atom is -0.349 e. The molecule has 1 aliphatic heterocycles. The van der Waals surface area contributed by atoms with Crippen LogP contribution in [0, 0.1) is 11.8 Å². The summed E-state index contributed by atoms with van der Waals surface area (Å²) >= 11 is 0. The molecule has 1 aromatic rings. The van der Waals surface area contributed by atoms with Gasteiger partial charge in [-0.15, -0.1) is 6.58 Å². The van der Waals surface area contributed by atoms with Gasteiger partial charge >= 0.3 is 0 Å². The number of amides is 1. The first-order chi connectivity index (χ1) is 10.8. The molecule has 0 radical (unpaired) electrons. The van der Waals surface area contributed by atoms with Crippen LogP contribution in [0.2, 0.25) is 0 Å². The van der Waals surface area contributed by atoms with Gasteiger partial charge in [0.15, 0.2) is 0 Å². The van der Waals surface area contributed by atoms with E-state index in [-0.39, 0.29) is 10.8 Å². The zero-order chi connectivity index (χ0) is 17.0. The molecule has 1 aliphatic rings. The van der Waals surface area contributed by atoms with E-state index in [1.807, 2.05) is 0 Å². The highest BCUT2D eigenvalue weighted by Crippen LogP contribution is 2.26. The third-order valence-corrected chi connectivity index (χ3v) is 5.80. The van der Waals surface area contributed by atoms with Gasteiger partial charge in [0.1, 0.15) is 0 Å². The van der Waals surface area contributed by atoms with E-state index in [1.54, 1.807) is 24.3 Å². The van der Waals surface area contributed by atoms with E-state index in [4.69, 9.17) is 0 Å². The lowest BCUT2D eigenvalue weighted by Gasteiger charge is -2.34. The highest BCUT2D eigenvalue weighted by Gasteiger charge is 2.31. The van der Waals surface area contributed by atoms with Crippen molar-refractivity contribution in [3.05, 3.63) is 42.5 Å². The van der Waals surface area contributed by atoms with Crippen LogP contribution in [0.25, 0.3) is 0 Å². The second kappa shape index (κ2) is 7.27. The fraction of sp³-hybridized carbons (Fsp3) is 0.471. The summed E-state index contributed by atoms with van der Waals surface area (Å²) in [5.41, 5.74) is 0.339.